The van der Waals surface area contributed by atoms with E-state index in [0.29, 0.717) is 5.76 Å². The molecule has 4 nitrogen and oxygen atoms in total. The van der Waals surface area contributed by atoms with E-state index >= 15 is 0 Å². The smallest absolute Gasteiger partial charge is 0.280 e. The molecule has 2 rings (SSSR count). The lowest BCUT2D eigenvalue weighted by molar-refractivity contribution is 0.346. The van der Waals surface area contributed by atoms with Crippen molar-refractivity contribution in [1.29, 1.82) is 0 Å². The second-order valence-corrected chi connectivity index (χ2v) is 3.85. The maximum atomic E-state index is 10.7. The van der Waals surface area contributed by atoms with Gasteiger partial charge in [-0.25, -0.2) is 0 Å². The van der Waals surface area contributed by atoms with Gasteiger partial charge in [-0.1, -0.05) is 0 Å². The third-order valence-corrected chi connectivity index (χ3v) is 2.87. The molecule has 1 aromatic rings. The van der Waals surface area contributed by atoms with Crippen LogP contribution < -0.4 is 10.9 Å². The number of hydrogen-bond acceptors (Lipinski definition) is 4. The van der Waals surface area contributed by atoms with Gasteiger partial charge in [-0.2, -0.15) is 16.9 Å². The minimum absolute atomic E-state index is 0.164. The van der Waals surface area contributed by atoms with E-state index in [1.54, 1.807) is 0 Å². The van der Waals surface area contributed by atoms with E-state index in [1.807, 2.05) is 11.8 Å². The van der Waals surface area contributed by atoms with Gasteiger partial charge in [-0.3, -0.25) is 4.79 Å². The zero-order chi connectivity index (χ0) is 8.39. The molecule has 0 aliphatic carbocycles. The van der Waals surface area contributed by atoms with Crippen LogP contribution in [0.3, 0.4) is 0 Å². The van der Waals surface area contributed by atoms with Gasteiger partial charge in [0.15, 0.2) is 5.76 Å². The summed E-state index contributed by atoms with van der Waals surface area (Å²) in [5.74, 6) is 2.82. The Balaban J connectivity index is 2.13. The van der Waals surface area contributed by atoms with Gasteiger partial charge in [0, 0.05) is 24.1 Å². The van der Waals surface area contributed by atoms with Crippen LogP contribution in [0.4, 0.5) is 0 Å². The van der Waals surface area contributed by atoms with Gasteiger partial charge < -0.3 is 9.84 Å². The van der Waals surface area contributed by atoms with Crippen molar-refractivity contribution >= 4 is 11.8 Å². The Labute approximate surface area is 73.7 Å². The summed E-state index contributed by atoms with van der Waals surface area (Å²) in [4.78, 5) is 10.7. The normalized spacial score (nSPS) is 24.2. The van der Waals surface area contributed by atoms with E-state index in [9.17, 15) is 4.79 Å². The molecule has 0 bridgehead atoms. The van der Waals surface area contributed by atoms with Gasteiger partial charge in [0.1, 0.15) is 0 Å². The topological polar surface area (TPSA) is 58.0 Å². The van der Waals surface area contributed by atoms with E-state index < -0.39 is 0 Å². The van der Waals surface area contributed by atoms with Crippen LogP contribution in [0.2, 0.25) is 0 Å². The van der Waals surface area contributed by atoms with Crippen LogP contribution in [0.5, 0.6) is 0 Å². The van der Waals surface area contributed by atoms with E-state index in [1.165, 1.54) is 6.07 Å². The predicted molar refractivity (Wildman–Crippen MR) is 47.4 cm³/mol. The van der Waals surface area contributed by atoms with E-state index in [4.69, 9.17) is 4.52 Å². The first-order valence-electron chi connectivity index (χ1n) is 3.86. The molecule has 12 heavy (non-hydrogen) atoms. The lowest BCUT2D eigenvalue weighted by atomic mass is 10.2. The Morgan fingerprint density at radius 3 is 3.17 bits per heavy atom. The van der Waals surface area contributed by atoms with Gasteiger partial charge in [-0.15, -0.1) is 0 Å². The summed E-state index contributed by atoms with van der Waals surface area (Å²) >= 11 is 1.87. The Morgan fingerprint density at radius 1 is 1.67 bits per heavy atom. The highest BCUT2D eigenvalue weighted by atomic mass is 32.2. The number of aromatic amines is 1. The first kappa shape index (κ1) is 7.94. The molecule has 1 aliphatic rings. The zero-order valence-electron chi connectivity index (χ0n) is 6.50. The van der Waals surface area contributed by atoms with Crippen molar-refractivity contribution < 1.29 is 4.52 Å². The third kappa shape index (κ3) is 1.56. The van der Waals surface area contributed by atoms with Crippen LogP contribution in [0, 0.1) is 0 Å². The van der Waals surface area contributed by atoms with Gasteiger partial charge >= 0.3 is 0 Å². The Bertz CT molecular complexity index is 300. The van der Waals surface area contributed by atoms with Gasteiger partial charge in [0.2, 0.25) is 0 Å². The van der Waals surface area contributed by atoms with Crippen LogP contribution in [0.1, 0.15) is 11.8 Å². The molecule has 1 unspecified atom stereocenters. The quantitative estimate of drug-likeness (QED) is 0.664. The highest BCUT2D eigenvalue weighted by Gasteiger charge is 2.18. The molecule has 1 aliphatic heterocycles. The fourth-order valence-electron chi connectivity index (χ4n) is 1.22. The average Bonchev–Trinajstić information content (AvgIpc) is 2.54. The second kappa shape index (κ2) is 3.37. The molecule has 0 aromatic carbocycles. The van der Waals surface area contributed by atoms with Crippen LogP contribution in [-0.2, 0) is 0 Å². The second-order valence-electron chi connectivity index (χ2n) is 2.70. The van der Waals surface area contributed by atoms with Crippen LogP contribution in [-0.4, -0.2) is 23.2 Å². The molecular weight excluding hydrogens is 176 g/mol. The standard InChI is InChI=1S/C7H10N2O2S/c10-7-3-6(11-9-7)5-4-12-2-1-8-5/h3,5,8H,1-2,4H2,(H,9,10). The molecule has 0 radical (unpaired) electrons. The minimum atomic E-state index is -0.164. The monoisotopic (exact) mass is 186 g/mol. The van der Waals surface area contributed by atoms with E-state index in [0.717, 1.165) is 18.1 Å². The van der Waals surface area contributed by atoms with Gasteiger partial charge in [-0.05, 0) is 0 Å². The molecule has 1 saturated heterocycles. The summed E-state index contributed by atoms with van der Waals surface area (Å²) < 4.78 is 4.99. The van der Waals surface area contributed by atoms with Crippen molar-refractivity contribution in [2.45, 2.75) is 6.04 Å². The largest absolute Gasteiger partial charge is 0.382 e. The summed E-state index contributed by atoms with van der Waals surface area (Å²) in [5.41, 5.74) is -0.164. The van der Waals surface area contributed by atoms with Crippen molar-refractivity contribution in [1.82, 2.24) is 10.5 Å². The molecule has 2 heterocycles. The van der Waals surface area contributed by atoms with Crippen molar-refractivity contribution in [2.75, 3.05) is 18.1 Å². The fourth-order valence-corrected chi connectivity index (χ4v) is 2.16. The highest BCUT2D eigenvalue weighted by Crippen LogP contribution is 2.19. The van der Waals surface area contributed by atoms with E-state index in [2.05, 4.69) is 10.5 Å². The van der Waals surface area contributed by atoms with Crippen molar-refractivity contribution in [3.8, 4) is 0 Å². The molecule has 5 heteroatoms. The molecule has 1 aromatic heterocycles. The molecule has 0 spiro atoms. The van der Waals surface area contributed by atoms with E-state index in [-0.39, 0.29) is 11.6 Å². The number of aromatic nitrogens is 1. The van der Waals surface area contributed by atoms with Crippen molar-refractivity contribution in [3.05, 3.63) is 22.2 Å². The first-order valence-corrected chi connectivity index (χ1v) is 5.01. The van der Waals surface area contributed by atoms with Gasteiger partial charge in [0.25, 0.3) is 5.56 Å². The Morgan fingerprint density at radius 2 is 2.58 bits per heavy atom. The summed E-state index contributed by atoms with van der Waals surface area (Å²) in [6.07, 6.45) is 0. The number of rotatable bonds is 1. The van der Waals surface area contributed by atoms with Crippen molar-refractivity contribution in [2.24, 2.45) is 0 Å². The van der Waals surface area contributed by atoms with Gasteiger partial charge in [0.05, 0.1) is 6.04 Å². The first-order chi connectivity index (χ1) is 5.86. The Hall–Kier alpha value is -0.680. The highest BCUT2D eigenvalue weighted by molar-refractivity contribution is 7.99. The number of hydrogen-bond donors (Lipinski definition) is 2. The molecule has 1 fully saturated rings. The average molecular weight is 186 g/mol. The van der Waals surface area contributed by atoms with Crippen molar-refractivity contribution in [3.63, 3.8) is 0 Å². The zero-order valence-corrected chi connectivity index (χ0v) is 7.32. The molecular formula is C7H10N2O2S. The number of H-pyrrole nitrogens is 1. The fraction of sp³-hybridized carbons (Fsp3) is 0.571. The lowest BCUT2D eigenvalue weighted by Gasteiger charge is -2.20. The predicted octanol–water partition coefficient (Wildman–Crippen LogP) is 0.345. The molecule has 0 saturated carbocycles. The Kier molecular flexibility index (Phi) is 2.23. The van der Waals surface area contributed by atoms with Crippen LogP contribution in [0.15, 0.2) is 15.4 Å². The van der Waals surface area contributed by atoms with Crippen LogP contribution in [0.25, 0.3) is 0 Å². The maximum absolute atomic E-state index is 10.7. The third-order valence-electron chi connectivity index (χ3n) is 1.81. The SMILES string of the molecule is O=c1cc(C2CSCCN2)o[nH]1. The molecule has 0 amide bonds. The molecule has 66 valence electrons. The number of thioether (sulfide) groups is 1. The minimum Gasteiger partial charge on any atom is -0.382 e. The number of nitrogens with one attached hydrogen (secondary N) is 2. The summed E-state index contributed by atoms with van der Waals surface area (Å²) in [6.45, 7) is 0.976. The summed E-state index contributed by atoms with van der Waals surface area (Å²) in [7, 11) is 0. The molecule has 1 atom stereocenters. The van der Waals surface area contributed by atoms with Crippen LogP contribution >= 0.6 is 11.8 Å². The lowest BCUT2D eigenvalue weighted by Crippen LogP contribution is -2.29. The maximum Gasteiger partial charge on any atom is 0.280 e. The summed E-state index contributed by atoms with van der Waals surface area (Å²) in [5, 5.41) is 5.56. The molecule has 2 N–H and O–H groups in total. The summed E-state index contributed by atoms with van der Waals surface area (Å²) in [6, 6.07) is 1.70.